The number of fused-ring (bicyclic) bond motifs is 1. The van der Waals surface area contributed by atoms with Gasteiger partial charge < -0.3 is 19.3 Å². The molecule has 0 atom stereocenters. The van der Waals surface area contributed by atoms with Gasteiger partial charge in [-0.25, -0.2) is 0 Å². The van der Waals surface area contributed by atoms with Crippen LogP contribution in [0.25, 0.3) is 10.9 Å². The Hall–Kier alpha value is -3.10. The van der Waals surface area contributed by atoms with Gasteiger partial charge in [-0.05, 0) is 37.1 Å². The van der Waals surface area contributed by atoms with Crippen LogP contribution in [0.4, 0.5) is 15.9 Å². The fourth-order valence-electron chi connectivity index (χ4n) is 3.74. The third-order valence-corrected chi connectivity index (χ3v) is 5.61. The molecule has 0 unspecified atom stereocenters. The number of morpholine rings is 1. The second kappa shape index (κ2) is 10.0. The number of aryl methyl sites for hydroxylation is 1. The van der Waals surface area contributed by atoms with Gasteiger partial charge in [-0.3, -0.25) is 9.88 Å². The first-order chi connectivity index (χ1) is 15.6. The minimum Gasteiger partial charge on any atom is -0.508 e. The van der Waals surface area contributed by atoms with Gasteiger partial charge in [-0.2, -0.15) is 5.12 Å². The number of nitrogens with zero attached hydrogens (tertiary/aromatic N) is 3. The highest BCUT2D eigenvalue weighted by Crippen LogP contribution is 2.39. The molecule has 1 N–H and O–H groups in total. The van der Waals surface area contributed by atoms with Gasteiger partial charge in [-0.15, -0.1) is 0 Å². The van der Waals surface area contributed by atoms with Crippen molar-refractivity contribution in [3.05, 3.63) is 48.2 Å². The lowest BCUT2D eigenvalue weighted by atomic mass is 10.1. The zero-order chi connectivity index (χ0) is 22.5. The van der Waals surface area contributed by atoms with Crippen LogP contribution in [0.5, 0.6) is 17.2 Å². The smallest absolute Gasteiger partial charge is 0.163 e. The molecule has 32 heavy (non-hydrogen) atoms. The van der Waals surface area contributed by atoms with Gasteiger partial charge in [0.05, 0.1) is 43.8 Å². The number of halogens is 1. The molecule has 2 aromatic carbocycles. The van der Waals surface area contributed by atoms with Gasteiger partial charge in [0, 0.05) is 43.4 Å². The van der Waals surface area contributed by atoms with Crippen molar-refractivity contribution in [2.75, 3.05) is 51.7 Å². The second-order valence-electron chi connectivity index (χ2n) is 7.76. The van der Waals surface area contributed by atoms with Crippen LogP contribution in [0, 0.1) is 6.92 Å². The number of rotatable bonds is 8. The Morgan fingerprint density at radius 3 is 2.72 bits per heavy atom. The average Bonchev–Trinajstić information content (AvgIpc) is 2.82. The Morgan fingerprint density at radius 2 is 1.97 bits per heavy atom. The van der Waals surface area contributed by atoms with Crippen LogP contribution in [0.3, 0.4) is 0 Å². The van der Waals surface area contributed by atoms with Crippen LogP contribution < -0.4 is 14.6 Å². The molecule has 4 rings (SSSR count). The maximum atomic E-state index is 15.3. The van der Waals surface area contributed by atoms with Gasteiger partial charge >= 0.3 is 0 Å². The van der Waals surface area contributed by atoms with Crippen molar-refractivity contribution in [2.45, 2.75) is 13.3 Å². The van der Waals surface area contributed by atoms with E-state index in [1.54, 1.807) is 50.6 Å². The monoisotopic (exact) mass is 441 g/mol. The number of hydrogen-bond acceptors (Lipinski definition) is 7. The Labute approximate surface area is 186 Å². The number of aromatic nitrogens is 1. The summed E-state index contributed by atoms with van der Waals surface area (Å²) < 4.78 is 32.1. The van der Waals surface area contributed by atoms with Gasteiger partial charge in [0.15, 0.2) is 11.5 Å². The number of aromatic hydroxyl groups is 1. The summed E-state index contributed by atoms with van der Waals surface area (Å²) in [5.74, 6) is 1.12. The molecule has 1 aromatic heterocycles. The molecule has 7 nitrogen and oxygen atoms in total. The van der Waals surface area contributed by atoms with Crippen molar-refractivity contribution < 1.29 is 23.8 Å². The molecule has 0 spiro atoms. The molecule has 8 heteroatoms. The number of ether oxygens (including phenoxy) is 3. The maximum Gasteiger partial charge on any atom is 0.163 e. The van der Waals surface area contributed by atoms with Gasteiger partial charge in [0.2, 0.25) is 0 Å². The van der Waals surface area contributed by atoms with E-state index in [2.05, 4.69) is 9.88 Å². The van der Waals surface area contributed by atoms with E-state index in [1.807, 2.05) is 0 Å². The van der Waals surface area contributed by atoms with Crippen LogP contribution in [0.15, 0.2) is 42.6 Å². The SMILES string of the molecule is COc1cc2c(N(F)c3ccc(C)c(O)c3)ccnc2cc1OCCCN1CCOCC1. The summed E-state index contributed by atoms with van der Waals surface area (Å²) in [6.45, 7) is 6.70. The van der Waals surface area contributed by atoms with Crippen molar-refractivity contribution in [2.24, 2.45) is 0 Å². The standard InChI is InChI=1S/C24H28FN3O4/c1-17-4-5-18(14-22(17)29)28(25)21-6-7-26-20-16-24(23(30-2)15-19(20)21)32-11-3-8-27-9-12-31-13-10-27/h4-7,14-16,29H,3,8-13H2,1-2H3. The van der Waals surface area contributed by atoms with Crippen molar-refractivity contribution in [3.63, 3.8) is 0 Å². The molecule has 1 fully saturated rings. The van der Waals surface area contributed by atoms with E-state index in [9.17, 15) is 5.11 Å². The first-order valence-electron chi connectivity index (χ1n) is 10.7. The Balaban J connectivity index is 1.53. The van der Waals surface area contributed by atoms with Crippen molar-refractivity contribution in [3.8, 4) is 17.2 Å². The van der Waals surface area contributed by atoms with Crippen LogP contribution in [0.2, 0.25) is 0 Å². The normalized spacial score (nSPS) is 14.5. The van der Waals surface area contributed by atoms with Crippen molar-refractivity contribution in [1.82, 2.24) is 9.88 Å². The number of benzene rings is 2. The molecule has 1 saturated heterocycles. The molecule has 0 saturated carbocycles. The Morgan fingerprint density at radius 1 is 1.16 bits per heavy atom. The third kappa shape index (κ3) is 4.87. The Kier molecular flexibility index (Phi) is 6.92. The number of methoxy groups -OCH3 is 1. The first kappa shape index (κ1) is 22.1. The zero-order valence-electron chi connectivity index (χ0n) is 18.4. The topological polar surface area (TPSA) is 67.3 Å². The number of hydrogen-bond donors (Lipinski definition) is 1. The Bertz CT molecular complexity index is 1070. The molecule has 170 valence electrons. The number of pyridine rings is 1. The highest BCUT2D eigenvalue weighted by Gasteiger charge is 2.17. The van der Waals surface area contributed by atoms with Crippen molar-refractivity contribution in [1.29, 1.82) is 0 Å². The molecule has 0 radical (unpaired) electrons. The minimum absolute atomic E-state index is 0.0360. The quantitative estimate of drug-likeness (QED) is 0.411. The lowest BCUT2D eigenvalue weighted by Crippen LogP contribution is -2.37. The summed E-state index contributed by atoms with van der Waals surface area (Å²) in [4.78, 5) is 6.75. The predicted molar refractivity (Wildman–Crippen MR) is 122 cm³/mol. The fraction of sp³-hybridized carbons (Fsp3) is 0.375. The molecule has 2 heterocycles. The summed E-state index contributed by atoms with van der Waals surface area (Å²) in [6, 6.07) is 9.77. The van der Waals surface area contributed by atoms with Gasteiger partial charge in [0.1, 0.15) is 5.75 Å². The zero-order valence-corrected chi connectivity index (χ0v) is 18.4. The fourth-order valence-corrected chi connectivity index (χ4v) is 3.74. The van der Waals surface area contributed by atoms with Crippen LogP contribution >= 0.6 is 0 Å². The van der Waals surface area contributed by atoms with Gasteiger partial charge in [0.25, 0.3) is 0 Å². The third-order valence-electron chi connectivity index (χ3n) is 5.61. The summed E-state index contributed by atoms with van der Waals surface area (Å²) in [6.07, 6.45) is 2.43. The molecule has 0 aliphatic carbocycles. The molecule has 3 aromatic rings. The summed E-state index contributed by atoms with van der Waals surface area (Å²) in [5.41, 5.74) is 1.79. The average molecular weight is 442 g/mol. The predicted octanol–water partition coefficient (Wildman–Crippen LogP) is 4.38. The maximum absolute atomic E-state index is 15.3. The van der Waals surface area contributed by atoms with Crippen LogP contribution in [-0.2, 0) is 4.74 Å². The van der Waals surface area contributed by atoms with E-state index in [-0.39, 0.29) is 11.4 Å². The number of anilines is 2. The van der Waals surface area contributed by atoms with Gasteiger partial charge in [-0.1, -0.05) is 10.5 Å². The number of phenols is 1. The highest BCUT2D eigenvalue weighted by molar-refractivity contribution is 5.95. The lowest BCUT2D eigenvalue weighted by molar-refractivity contribution is 0.0357. The van der Waals surface area contributed by atoms with E-state index >= 15 is 4.48 Å². The van der Waals surface area contributed by atoms with E-state index in [0.717, 1.165) is 39.3 Å². The van der Waals surface area contributed by atoms with Crippen LogP contribution in [-0.4, -0.2) is 61.6 Å². The first-order valence-corrected chi connectivity index (χ1v) is 10.7. The minimum atomic E-state index is 0.0360. The summed E-state index contributed by atoms with van der Waals surface area (Å²) in [5, 5.41) is 11.1. The van der Waals surface area contributed by atoms with E-state index in [4.69, 9.17) is 14.2 Å². The van der Waals surface area contributed by atoms with Crippen molar-refractivity contribution >= 4 is 22.3 Å². The summed E-state index contributed by atoms with van der Waals surface area (Å²) in [7, 11) is 1.56. The lowest BCUT2D eigenvalue weighted by Gasteiger charge is -2.26. The van der Waals surface area contributed by atoms with E-state index < -0.39 is 0 Å². The van der Waals surface area contributed by atoms with E-state index in [0.29, 0.717) is 45.4 Å². The largest absolute Gasteiger partial charge is 0.508 e. The second-order valence-corrected chi connectivity index (χ2v) is 7.76. The molecular formula is C24H28FN3O4. The molecule has 1 aliphatic rings. The molecular weight excluding hydrogens is 413 g/mol. The van der Waals surface area contributed by atoms with E-state index in [1.165, 1.54) is 6.07 Å². The number of phenolic OH excluding ortho intramolecular Hbond substituents is 1. The molecule has 0 amide bonds. The molecule has 1 aliphatic heterocycles. The molecule has 0 bridgehead atoms. The van der Waals surface area contributed by atoms with Crippen LogP contribution in [0.1, 0.15) is 12.0 Å². The highest BCUT2D eigenvalue weighted by atomic mass is 19.2. The summed E-state index contributed by atoms with van der Waals surface area (Å²) >= 11 is 0.